The molecule has 0 aliphatic heterocycles. The SMILES string of the molecule is Nc1cccc2c1ccn2Cc1ccn(C2CCCC2)n1. The van der Waals surface area contributed by atoms with E-state index in [0.717, 1.165) is 23.3 Å². The monoisotopic (exact) mass is 280 g/mol. The van der Waals surface area contributed by atoms with Gasteiger partial charge in [-0.1, -0.05) is 18.9 Å². The molecule has 1 saturated carbocycles. The lowest BCUT2D eigenvalue weighted by Crippen LogP contribution is -2.06. The molecule has 0 atom stereocenters. The number of hydrogen-bond donors (Lipinski definition) is 1. The van der Waals surface area contributed by atoms with Crippen molar-refractivity contribution in [3.05, 3.63) is 48.4 Å². The van der Waals surface area contributed by atoms with E-state index >= 15 is 0 Å². The Bertz CT molecular complexity index is 762. The number of nitrogen functional groups attached to an aromatic ring is 1. The Hall–Kier alpha value is -2.23. The van der Waals surface area contributed by atoms with E-state index in [1.165, 1.54) is 31.2 Å². The maximum atomic E-state index is 6.02. The first-order valence-corrected chi connectivity index (χ1v) is 7.68. The molecule has 1 aromatic carbocycles. The maximum Gasteiger partial charge on any atom is 0.0821 e. The van der Waals surface area contributed by atoms with Crippen LogP contribution in [0, 0.1) is 0 Å². The van der Waals surface area contributed by atoms with Crippen LogP contribution in [0.25, 0.3) is 10.9 Å². The number of nitrogens with two attached hydrogens (primary N) is 1. The summed E-state index contributed by atoms with van der Waals surface area (Å²) >= 11 is 0. The van der Waals surface area contributed by atoms with Gasteiger partial charge < -0.3 is 10.3 Å². The number of aromatic nitrogens is 3. The van der Waals surface area contributed by atoms with E-state index in [0.29, 0.717) is 6.04 Å². The molecule has 4 rings (SSSR count). The van der Waals surface area contributed by atoms with Crippen molar-refractivity contribution in [3.8, 4) is 0 Å². The van der Waals surface area contributed by atoms with Crippen LogP contribution in [0.2, 0.25) is 0 Å². The first-order chi connectivity index (χ1) is 10.3. The lowest BCUT2D eigenvalue weighted by Gasteiger charge is -2.09. The quantitative estimate of drug-likeness (QED) is 0.745. The van der Waals surface area contributed by atoms with Crippen molar-refractivity contribution < 1.29 is 0 Å². The number of rotatable bonds is 3. The predicted octanol–water partition coefficient (Wildman–Crippen LogP) is 3.58. The molecule has 21 heavy (non-hydrogen) atoms. The summed E-state index contributed by atoms with van der Waals surface area (Å²) in [5.74, 6) is 0. The summed E-state index contributed by atoms with van der Waals surface area (Å²) in [6.45, 7) is 0.798. The number of benzene rings is 1. The number of anilines is 1. The topological polar surface area (TPSA) is 48.8 Å². The summed E-state index contributed by atoms with van der Waals surface area (Å²) in [5, 5.41) is 5.88. The highest BCUT2D eigenvalue weighted by Gasteiger charge is 2.17. The van der Waals surface area contributed by atoms with Crippen molar-refractivity contribution >= 4 is 16.6 Å². The summed E-state index contributed by atoms with van der Waals surface area (Å²) in [6.07, 6.45) is 9.43. The third-order valence-electron chi connectivity index (χ3n) is 4.54. The van der Waals surface area contributed by atoms with Crippen LogP contribution >= 0.6 is 0 Å². The molecule has 1 fully saturated rings. The second-order valence-electron chi connectivity index (χ2n) is 5.95. The van der Waals surface area contributed by atoms with E-state index < -0.39 is 0 Å². The van der Waals surface area contributed by atoms with Crippen LogP contribution in [0.3, 0.4) is 0 Å². The Kier molecular flexibility index (Phi) is 2.95. The second-order valence-corrected chi connectivity index (χ2v) is 5.95. The summed E-state index contributed by atoms with van der Waals surface area (Å²) in [5.41, 5.74) is 9.14. The summed E-state index contributed by atoms with van der Waals surface area (Å²) in [6, 6.07) is 10.9. The minimum atomic E-state index is 0.607. The van der Waals surface area contributed by atoms with Crippen molar-refractivity contribution in [2.45, 2.75) is 38.3 Å². The van der Waals surface area contributed by atoms with Crippen LogP contribution in [0.4, 0.5) is 5.69 Å². The average Bonchev–Trinajstić information content (AvgIpc) is 3.20. The highest BCUT2D eigenvalue weighted by molar-refractivity contribution is 5.91. The van der Waals surface area contributed by atoms with Gasteiger partial charge in [0.2, 0.25) is 0 Å². The highest BCUT2D eigenvalue weighted by Crippen LogP contribution is 2.29. The van der Waals surface area contributed by atoms with Crippen LogP contribution in [-0.2, 0) is 6.54 Å². The third kappa shape index (κ3) is 2.20. The second kappa shape index (κ2) is 4.95. The standard InChI is InChI=1S/C17H20N4/c18-16-6-3-7-17-15(16)9-10-20(17)12-13-8-11-21(19-13)14-4-1-2-5-14/h3,6-11,14H,1-2,4-5,12,18H2. The van der Waals surface area contributed by atoms with E-state index in [-0.39, 0.29) is 0 Å². The van der Waals surface area contributed by atoms with Gasteiger partial charge in [-0.2, -0.15) is 5.10 Å². The molecule has 0 radical (unpaired) electrons. The predicted molar refractivity (Wildman–Crippen MR) is 85.2 cm³/mol. The molecule has 0 saturated heterocycles. The van der Waals surface area contributed by atoms with Crippen molar-refractivity contribution in [1.29, 1.82) is 0 Å². The van der Waals surface area contributed by atoms with E-state index in [1.54, 1.807) is 0 Å². The molecule has 108 valence electrons. The Morgan fingerprint density at radius 2 is 1.95 bits per heavy atom. The van der Waals surface area contributed by atoms with Gasteiger partial charge in [0.1, 0.15) is 0 Å². The number of fused-ring (bicyclic) bond motifs is 1. The Balaban J connectivity index is 1.61. The first kappa shape index (κ1) is 12.5. The van der Waals surface area contributed by atoms with Crippen LogP contribution in [-0.4, -0.2) is 14.3 Å². The van der Waals surface area contributed by atoms with Crippen molar-refractivity contribution in [2.75, 3.05) is 5.73 Å². The van der Waals surface area contributed by atoms with Gasteiger partial charge >= 0.3 is 0 Å². The molecule has 2 heterocycles. The average molecular weight is 280 g/mol. The summed E-state index contributed by atoms with van der Waals surface area (Å²) in [7, 11) is 0. The normalized spacial score (nSPS) is 16.0. The summed E-state index contributed by atoms with van der Waals surface area (Å²) < 4.78 is 4.37. The molecule has 0 unspecified atom stereocenters. The fourth-order valence-corrected chi connectivity index (χ4v) is 3.39. The van der Waals surface area contributed by atoms with Crippen LogP contribution in [0.1, 0.15) is 37.4 Å². The zero-order chi connectivity index (χ0) is 14.2. The van der Waals surface area contributed by atoms with Crippen LogP contribution in [0.5, 0.6) is 0 Å². The molecule has 1 aliphatic carbocycles. The zero-order valence-electron chi connectivity index (χ0n) is 12.1. The molecule has 0 amide bonds. The molecule has 4 nitrogen and oxygen atoms in total. The zero-order valence-corrected chi connectivity index (χ0v) is 12.1. The maximum absolute atomic E-state index is 6.02. The Morgan fingerprint density at radius 1 is 1.10 bits per heavy atom. The van der Waals surface area contributed by atoms with Gasteiger partial charge in [-0.3, -0.25) is 4.68 Å². The lowest BCUT2D eigenvalue weighted by molar-refractivity contribution is 0.462. The lowest BCUT2D eigenvalue weighted by atomic mass is 10.2. The molecule has 1 aliphatic rings. The van der Waals surface area contributed by atoms with Crippen molar-refractivity contribution in [1.82, 2.24) is 14.3 Å². The van der Waals surface area contributed by atoms with Crippen molar-refractivity contribution in [3.63, 3.8) is 0 Å². The van der Waals surface area contributed by atoms with Crippen molar-refractivity contribution in [2.24, 2.45) is 0 Å². The van der Waals surface area contributed by atoms with Crippen LogP contribution in [0.15, 0.2) is 42.7 Å². The minimum absolute atomic E-state index is 0.607. The molecule has 2 N–H and O–H groups in total. The van der Waals surface area contributed by atoms with Gasteiger partial charge in [-0.25, -0.2) is 0 Å². The third-order valence-corrected chi connectivity index (χ3v) is 4.54. The van der Waals surface area contributed by atoms with Gasteiger partial charge in [0.05, 0.1) is 23.8 Å². The largest absolute Gasteiger partial charge is 0.398 e. The smallest absolute Gasteiger partial charge is 0.0821 e. The fourth-order valence-electron chi connectivity index (χ4n) is 3.39. The number of nitrogens with zero attached hydrogens (tertiary/aromatic N) is 3. The first-order valence-electron chi connectivity index (χ1n) is 7.68. The van der Waals surface area contributed by atoms with Gasteiger partial charge in [-0.05, 0) is 37.1 Å². The molecule has 3 aromatic rings. The molecular formula is C17H20N4. The van der Waals surface area contributed by atoms with E-state index in [1.807, 2.05) is 12.1 Å². The Morgan fingerprint density at radius 3 is 2.81 bits per heavy atom. The highest BCUT2D eigenvalue weighted by atomic mass is 15.3. The fraction of sp³-hybridized carbons (Fsp3) is 0.353. The van der Waals surface area contributed by atoms with Gasteiger partial charge in [-0.15, -0.1) is 0 Å². The Labute approximate surface area is 124 Å². The van der Waals surface area contributed by atoms with E-state index in [4.69, 9.17) is 10.8 Å². The van der Waals surface area contributed by atoms with Gasteiger partial charge in [0.25, 0.3) is 0 Å². The molecule has 4 heteroatoms. The molecule has 0 bridgehead atoms. The van der Waals surface area contributed by atoms with E-state index in [9.17, 15) is 0 Å². The number of hydrogen-bond acceptors (Lipinski definition) is 2. The summed E-state index contributed by atoms with van der Waals surface area (Å²) in [4.78, 5) is 0. The van der Waals surface area contributed by atoms with Gasteiger partial charge in [0, 0.05) is 23.5 Å². The molecule has 2 aromatic heterocycles. The molecular weight excluding hydrogens is 260 g/mol. The van der Waals surface area contributed by atoms with E-state index in [2.05, 4.69) is 39.8 Å². The minimum Gasteiger partial charge on any atom is -0.398 e. The molecule has 0 spiro atoms. The van der Waals surface area contributed by atoms with Gasteiger partial charge in [0.15, 0.2) is 0 Å². The van der Waals surface area contributed by atoms with Crippen LogP contribution < -0.4 is 5.73 Å².